The van der Waals surface area contributed by atoms with Gasteiger partial charge in [0, 0.05) is 32.1 Å². The number of aliphatic carboxylic acids is 1. The molecular formula is C14H24N2O3. The number of amides is 1. The summed E-state index contributed by atoms with van der Waals surface area (Å²) in [7, 11) is 0. The summed E-state index contributed by atoms with van der Waals surface area (Å²) in [4.78, 5) is 25.2. The van der Waals surface area contributed by atoms with Crippen molar-refractivity contribution in [1.82, 2.24) is 10.2 Å². The molecule has 1 unspecified atom stereocenters. The van der Waals surface area contributed by atoms with Crippen molar-refractivity contribution in [3.8, 4) is 0 Å². The van der Waals surface area contributed by atoms with Gasteiger partial charge in [0.2, 0.25) is 5.91 Å². The summed E-state index contributed by atoms with van der Waals surface area (Å²) in [6.45, 7) is 3.69. The maximum Gasteiger partial charge on any atom is 0.311 e. The summed E-state index contributed by atoms with van der Waals surface area (Å²) in [6, 6.07) is 0.615. The van der Waals surface area contributed by atoms with Crippen molar-refractivity contribution in [2.24, 2.45) is 5.41 Å². The van der Waals surface area contributed by atoms with Crippen molar-refractivity contribution in [3.63, 3.8) is 0 Å². The Balaban J connectivity index is 1.81. The van der Waals surface area contributed by atoms with Crippen LogP contribution in [0.25, 0.3) is 0 Å². The highest BCUT2D eigenvalue weighted by atomic mass is 16.4. The molecule has 0 radical (unpaired) electrons. The molecule has 1 saturated carbocycles. The lowest BCUT2D eigenvalue weighted by Gasteiger charge is -2.24. The van der Waals surface area contributed by atoms with Crippen LogP contribution >= 0.6 is 0 Å². The van der Waals surface area contributed by atoms with Crippen molar-refractivity contribution in [2.75, 3.05) is 19.6 Å². The van der Waals surface area contributed by atoms with Gasteiger partial charge in [-0.3, -0.25) is 9.59 Å². The second-order valence-electron chi connectivity index (χ2n) is 5.88. The minimum absolute atomic E-state index is 0.0902. The lowest BCUT2D eigenvalue weighted by atomic mass is 9.83. The van der Waals surface area contributed by atoms with E-state index >= 15 is 0 Å². The maximum absolute atomic E-state index is 12.1. The molecule has 19 heavy (non-hydrogen) atoms. The monoisotopic (exact) mass is 268 g/mol. The highest BCUT2D eigenvalue weighted by Crippen LogP contribution is 2.35. The first kappa shape index (κ1) is 14.3. The molecule has 0 spiro atoms. The predicted molar refractivity (Wildman–Crippen MR) is 71.8 cm³/mol. The summed E-state index contributed by atoms with van der Waals surface area (Å²) in [5.74, 6) is -0.659. The molecule has 0 bridgehead atoms. The third-order valence-electron chi connectivity index (χ3n) is 4.24. The van der Waals surface area contributed by atoms with Gasteiger partial charge in [-0.25, -0.2) is 0 Å². The Kier molecular flexibility index (Phi) is 4.45. The van der Waals surface area contributed by atoms with Crippen LogP contribution in [-0.4, -0.2) is 47.6 Å². The van der Waals surface area contributed by atoms with Crippen LogP contribution in [0.3, 0.4) is 0 Å². The fourth-order valence-corrected chi connectivity index (χ4v) is 2.88. The molecule has 1 amide bonds. The first-order valence-corrected chi connectivity index (χ1v) is 7.32. The van der Waals surface area contributed by atoms with Crippen molar-refractivity contribution in [1.29, 1.82) is 0 Å². The van der Waals surface area contributed by atoms with E-state index in [1.54, 1.807) is 4.90 Å². The summed E-state index contributed by atoms with van der Waals surface area (Å²) < 4.78 is 0. The Bertz CT molecular complexity index is 355. The topological polar surface area (TPSA) is 69.6 Å². The third kappa shape index (κ3) is 3.47. The second-order valence-corrected chi connectivity index (χ2v) is 5.88. The lowest BCUT2D eigenvalue weighted by Crippen LogP contribution is -2.37. The van der Waals surface area contributed by atoms with E-state index in [0.717, 1.165) is 6.42 Å². The van der Waals surface area contributed by atoms with E-state index in [2.05, 4.69) is 5.32 Å². The third-order valence-corrected chi connectivity index (χ3v) is 4.24. The average Bonchev–Trinajstić information content (AvgIpc) is 3.08. The number of nitrogens with one attached hydrogen (secondary N) is 1. The highest BCUT2D eigenvalue weighted by Gasteiger charge is 2.45. The van der Waals surface area contributed by atoms with Gasteiger partial charge in [-0.05, 0) is 25.7 Å². The van der Waals surface area contributed by atoms with E-state index in [1.165, 1.54) is 12.8 Å². The van der Waals surface area contributed by atoms with E-state index in [-0.39, 0.29) is 5.91 Å². The Morgan fingerprint density at radius 2 is 2.16 bits per heavy atom. The Hall–Kier alpha value is -1.10. The minimum Gasteiger partial charge on any atom is -0.481 e. The van der Waals surface area contributed by atoms with Crippen molar-refractivity contribution >= 4 is 11.9 Å². The standard InChI is InChI=1S/C14H24N2O3/c1-2-6-14(13(18)19)7-9-16(10-14)12(17)5-8-15-11-3-4-11/h11,15H,2-10H2,1H3,(H,18,19). The number of nitrogens with zero attached hydrogens (tertiary/aromatic N) is 1. The zero-order valence-corrected chi connectivity index (χ0v) is 11.7. The molecule has 5 heteroatoms. The molecule has 1 atom stereocenters. The summed E-state index contributed by atoms with van der Waals surface area (Å²) >= 11 is 0. The molecule has 2 aliphatic rings. The van der Waals surface area contributed by atoms with Crippen LogP contribution in [-0.2, 0) is 9.59 Å². The van der Waals surface area contributed by atoms with E-state index < -0.39 is 11.4 Å². The highest BCUT2D eigenvalue weighted by molar-refractivity contribution is 5.80. The van der Waals surface area contributed by atoms with Gasteiger partial charge < -0.3 is 15.3 Å². The quantitative estimate of drug-likeness (QED) is 0.728. The number of rotatable bonds is 7. The Morgan fingerprint density at radius 3 is 2.74 bits per heavy atom. The van der Waals surface area contributed by atoms with Crippen LogP contribution in [0.1, 0.15) is 45.4 Å². The maximum atomic E-state index is 12.1. The number of carbonyl (C=O) groups excluding carboxylic acids is 1. The van der Waals surface area contributed by atoms with Gasteiger partial charge >= 0.3 is 5.97 Å². The molecule has 2 fully saturated rings. The summed E-state index contributed by atoms with van der Waals surface area (Å²) in [5.41, 5.74) is -0.700. The number of carbonyl (C=O) groups is 2. The molecular weight excluding hydrogens is 244 g/mol. The molecule has 2 N–H and O–H groups in total. The van der Waals surface area contributed by atoms with Crippen molar-refractivity contribution in [3.05, 3.63) is 0 Å². The summed E-state index contributed by atoms with van der Waals surface area (Å²) in [6.07, 6.45) is 5.02. The lowest BCUT2D eigenvalue weighted by molar-refractivity contribution is -0.149. The van der Waals surface area contributed by atoms with Crippen molar-refractivity contribution in [2.45, 2.75) is 51.5 Å². The number of carboxylic acids is 1. The number of carboxylic acid groups (broad SMARTS) is 1. The van der Waals surface area contributed by atoms with Gasteiger partial charge in [-0.2, -0.15) is 0 Å². The molecule has 2 rings (SSSR count). The molecule has 108 valence electrons. The average molecular weight is 268 g/mol. The van der Waals surface area contributed by atoms with E-state index in [9.17, 15) is 14.7 Å². The van der Waals surface area contributed by atoms with Crippen LogP contribution in [0.2, 0.25) is 0 Å². The fourth-order valence-electron chi connectivity index (χ4n) is 2.88. The van der Waals surface area contributed by atoms with Gasteiger partial charge in [0.15, 0.2) is 0 Å². The Morgan fingerprint density at radius 1 is 1.42 bits per heavy atom. The molecule has 0 aromatic heterocycles. The fraction of sp³-hybridized carbons (Fsp3) is 0.857. The van der Waals surface area contributed by atoms with Crippen LogP contribution in [0.5, 0.6) is 0 Å². The van der Waals surface area contributed by atoms with Gasteiger partial charge in [-0.1, -0.05) is 13.3 Å². The first-order chi connectivity index (χ1) is 9.07. The Labute approximate surface area is 114 Å². The smallest absolute Gasteiger partial charge is 0.311 e. The van der Waals surface area contributed by atoms with Crippen LogP contribution in [0.15, 0.2) is 0 Å². The summed E-state index contributed by atoms with van der Waals surface area (Å²) in [5, 5.41) is 12.7. The van der Waals surface area contributed by atoms with Gasteiger partial charge in [0.05, 0.1) is 5.41 Å². The van der Waals surface area contributed by atoms with Crippen molar-refractivity contribution < 1.29 is 14.7 Å². The zero-order chi connectivity index (χ0) is 13.9. The first-order valence-electron chi connectivity index (χ1n) is 7.32. The van der Waals surface area contributed by atoms with Crippen LogP contribution in [0, 0.1) is 5.41 Å². The second kappa shape index (κ2) is 5.90. The number of hydrogen-bond donors (Lipinski definition) is 2. The van der Waals surface area contributed by atoms with Crippen LogP contribution < -0.4 is 5.32 Å². The SMILES string of the molecule is CCCC1(C(=O)O)CCN(C(=O)CCNC2CC2)C1. The number of hydrogen-bond acceptors (Lipinski definition) is 3. The predicted octanol–water partition coefficient (Wildman–Crippen LogP) is 1.23. The molecule has 1 saturated heterocycles. The number of likely N-dealkylation sites (tertiary alicyclic amines) is 1. The molecule has 0 aromatic rings. The van der Waals surface area contributed by atoms with Gasteiger partial charge in [-0.15, -0.1) is 0 Å². The van der Waals surface area contributed by atoms with Gasteiger partial charge in [0.1, 0.15) is 0 Å². The largest absolute Gasteiger partial charge is 0.481 e. The van der Waals surface area contributed by atoms with E-state index in [0.29, 0.717) is 44.9 Å². The van der Waals surface area contributed by atoms with E-state index in [4.69, 9.17) is 0 Å². The van der Waals surface area contributed by atoms with E-state index in [1.807, 2.05) is 6.92 Å². The molecule has 1 aliphatic heterocycles. The molecule has 1 aliphatic carbocycles. The molecule has 0 aromatic carbocycles. The minimum atomic E-state index is -0.749. The zero-order valence-electron chi connectivity index (χ0n) is 11.7. The molecule has 1 heterocycles. The van der Waals surface area contributed by atoms with Gasteiger partial charge in [0.25, 0.3) is 0 Å². The van der Waals surface area contributed by atoms with Crippen LogP contribution in [0.4, 0.5) is 0 Å². The molecule has 5 nitrogen and oxygen atoms in total. The normalized spacial score (nSPS) is 26.7.